The van der Waals surface area contributed by atoms with Gasteiger partial charge in [-0.15, -0.1) is 0 Å². The second-order valence-electron chi connectivity index (χ2n) is 8.23. The third-order valence-electron chi connectivity index (χ3n) is 5.69. The Bertz CT molecular complexity index is 1460. The average Bonchev–Trinajstić information content (AvgIpc) is 3.67. The van der Waals surface area contributed by atoms with Gasteiger partial charge in [-0.3, -0.25) is 9.52 Å². The summed E-state index contributed by atoms with van der Waals surface area (Å²) in [7, 11) is -3.10. The molecule has 190 valence electrons. The van der Waals surface area contributed by atoms with E-state index in [0.29, 0.717) is 6.07 Å². The van der Waals surface area contributed by atoms with E-state index < -0.39 is 57.2 Å². The Morgan fingerprint density at radius 2 is 1.78 bits per heavy atom. The van der Waals surface area contributed by atoms with Crippen LogP contribution in [0.1, 0.15) is 45.8 Å². The number of anilines is 3. The summed E-state index contributed by atoms with van der Waals surface area (Å²) in [4.78, 5) is 15.3. The van der Waals surface area contributed by atoms with Gasteiger partial charge in [0.15, 0.2) is 23.3 Å². The molecule has 0 spiro atoms. The predicted octanol–water partition coefficient (Wildman–Crippen LogP) is 3.82. The van der Waals surface area contributed by atoms with E-state index in [9.17, 15) is 26.4 Å². The van der Waals surface area contributed by atoms with Gasteiger partial charge in [0.2, 0.25) is 5.91 Å². The fourth-order valence-electron chi connectivity index (χ4n) is 3.61. The van der Waals surface area contributed by atoms with Crippen molar-refractivity contribution < 1.29 is 30.8 Å². The molecule has 0 unspecified atom stereocenters. The van der Waals surface area contributed by atoms with E-state index in [1.165, 1.54) is 12.1 Å². The molecular weight excluding hydrogens is 502 g/mol. The maximum Gasteiger partial charge on any atom is 0.300 e. The number of hydrogen-bond acceptors (Lipinski definition) is 5. The van der Waals surface area contributed by atoms with E-state index in [1.54, 1.807) is 6.07 Å². The quantitative estimate of drug-likeness (QED) is 0.317. The Balaban J connectivity index is 1.79. The molecular formula is C23H21F4N5O3S. The Hall–Kier alpha value is -3.71. The summed E-state index contributed by atoms with van der Waals surface area (Å²) in [5.41, 5.74) is 4.65. The van der Waals surface area contributed by atoms with Crippen LogP contribution in [0.15, 0.2) is 36.5 Å². The molecule has 0 atom stereocenters. The smallest absolute Gasteiger partial charge is 0.300 e. The lowest BCUT2D eigenvalue weighted by atomic mass is 10.00. The van der Waals surface area contributed by atoms with Gasteiger partial charge in [-0.05, 0) is 54.2 Å². The number of amides is 1. The van der Waals surface area contributed by atoms with E-state index >= 15 is 4.39 Å². The largest absolute Gasteiger partial charge is 0.366 e. The first-order valence-corrected chi connectivity index (χ1v) is 12.2. The number of pyridine rings is 1. The van der Waals surface area contributed by atoms with Crippen LogP contribution in [-0.2, 0) is 16.6 Å². The SMILES string of the molecule is CNS(=O)(=O)Nc1ncc(Nc2ccc(C3CC3)cc2F)c(Cc2cc(C(N)=O)cc(F)c2F)c1F. The highest BCUT2D eigenvalue weighted by atomic mass is 32.2. The van der Waals surface area contributed by atoms with Crippen molar-refractivity contribution in [1.82, 2.24) is 9.71 Å². The normalized spacial score (nSPS) is 13.5. The van der Waals surface area contributed by atoms with Crippen molar-refractivity contribution in [1.29, 1.82) is 0 Å². The number of primary amides is 1. The van der Waals surface area contributed by atoms with Crippen molar-refractivity contribution in [2.24, 2.45) is 5.73 Å². The molecule has 0 saturated heterocycles. The van der Waals surface area contributed by atoms with Crippen LogP contribution in [0.25, 0.3) is 0 Å². The van der Waals surface area contributed by atoms with Gasteiger partial charge in [-0.25, -0.2) is 27.3 Å². The van der Waals surface area contributed by atoms with Crippen LogP contribution in [-0.4, -0.2) is 26.4 Å². The van der Waals surface area contributed by atoms with E-state index in [-0.39, 0.29) is 28.4 Å². The highest BCUT2D eigenvalue weighted by Gasteiger charge is 2.25. The summed E-state index contributed by atoms with van der Waals surface area (Å²) in [5, 5.41) is 2.69. The molecule has 3 aromatic rings. The zero-order chi connectivity index (χ0) is 26.2. The van der Waals surface area contributed by atoms with Crippen LogP contribution >= 0.6 is 0 Å². The zero-order valence-electron chi connectivity index (χ0n) is 18.8. The molecule has 0 aliphatic heterocycles. The highest BCUT2D eigenvalue weighted by molar-refractivity contribution is 7.90. The van der Waals surface area contributed by atoms with Crippen molar-refractivity contribution in [3.8, 4) is 0 Å². The molecule has 1 fully saturated rings. The Labute approximate surface area is 204 Å². The lowest BCUT2D eigenvalue weighted by molar-refractivity contribution is 0.0999. The second-order valence-corrected chi connectivity index (χ2v) is 9.85. The van der Waals surface area contributed by atoms with Gasteiger partial charge < -0.3 is 11.1 Å². The van der Waals surface area contributed by atoms with Crippen LogP contribution in [0.3, 0.4) is 0 Å². The molecule has 1 aromatic heterocycles. The lowest BCUT2D eigenvalue weighted by Gasteiger charge is -2.17. The third-order valence-corrected chi connectivity index (χ3v) is 6.69. The van der Waals surface area contributed by atoms with Gasteiger partial charge in [-0.1, -0.05) is 6.07 Å². The summed E-state index contributed by atoms with van der Waals surface area (Å²) in [6.07, 6.45) is 2.28. The number of aromatic nitrogens is 1. The lowest BCUT2D eigenvalue weighted by Crippen LogP contribution is -2.27. The predicted molar refractivity (Wildman–Crippen MR) is 125 cm³/mol. The standard InChI is InChI=1S/C23H21F4N5O3S/c1-29-36(34,35)32-23-21(27)15(7-13-6-14(22(28)33)9-17(25)20(13)26)19(10-30-23)31-18-5-4-12(8-16(18)24)11-2-3-11/h4-6,8-11,29,31H,2-3,7H2,1H3,(H2,28,33)(H,30,32). The van der Waals surface area contributed by atoms with Crippen LogP contribution in [0, 0.1) is 23.3 Å². The summed E-state index contributed by atoms with van der Waals surface area (Å²) in [6, 6.07) is 6.08. The van der Waals surface area contributed by atoms with Crippen molar-refractivity contribution >= 4 is 33.3 Å². The summed E-state index contributed by atoms with van der Waals surface area (Å²) in [5.74, 6) is -6.08. The number of carbonyl (C=O) groups excluding carboxylic acids is 1. The first-order chi connectivity index (χ1) is 17.0. The van der Waals surface area contributed by atoms with Gasteiger partial charge in [0.25, 0.3) is 10.2 Å². The van der Waals surface area contributed by atoms with Crippen LogP contribution in [0.4, 0.5) is 34.8 Å². The number of rotatable bonds is 9. The maximum absolute atomic E-state index is 15.5. The van der Waals surface area contributed by atoms with Crippen molar-refractivity contribution in [2.45, 2.75) is 25.2 Å². The number of nitrogens with two attached hydrogens (primary N) is 1. The molecule has 1 aliphatic rings. The third kappa shape index (κ3) is 5.41. The molecule has 5 N–H and O–H groups in total. The first-order valence-electron chi connectivity index (χ1n) is 10.7. The molecule has 8 nitrogen and oxygen atoms in total. The maximum atomic E-state index is 15.5. The number of nitrogens with one attached hydrogen (secondary N) is 3. The molecule has 1 saturated carbocycles. The Morgan fingerprint density at radius 1 is 1.06 bits per heavy atom. The fraction of sp³-hybridized carbons (Fsp3) is 0.217. The highest BCUT2D eigenvalue weighted by Crippen LogP contribution is 2.41. The van der Waals surface area contributed by atoms with E-state index in [0.717, 1.165) is 37.7 Å². The minimum atomic E-state index is -4.18. The van der Waals surface area contributed by atoms with E-state index in [4.69, 9.17) is 5.73 Å². The second kappa shape index (κ2) is 9.74. The van der Waals surface area contributed by atoms with Gasteiger partial charge >= 0.3 is 0 Å². The van der Waals surface area contributed by atoms with Gasteiger partial charge in [0.1, 0.15) is 5.82 Å². The molecule has 1 aliphatic carbocycles. The molecule has 1 amide bonds. The summed E-state index contributed by atoms with van der Waals surface area (Å²) >= 11 is 0. The molecule has 2 aromatic carbocycles. The summed E-state index contributed by atoms with van der Waals surface area (Å²) < 4.78 is 86.5. The van der Waals surface area contributed by atoms with Crippen LogP contribution in [0.5, 0.6) is 0 Å². The number of hydrogen-bond donors (Lipinski definition) is 4. The molecule has 0 bridgehead atoms. The average molecular weight is 524 g/mol. The van der Waals surface area contributed by atoms with Crippen molar-refractivity contribution in [2.75, 3.05) is 17.1 Å². The monoisotopic (exact) mass is 523 g/mol. The van der Waals surface area contributed by atoms with E-state index in [1.807, 2.05) is 9.44 Å². The minimum absolute atomic E-state index is 0.0389. The van der Waals surface area contributed by atoms with Gasteiger partial charge in [0.05, 0.1) is 17.6 Å². The minimum Gasteiger partial charge on any atom is -0.366 e. The topological polar surface area (TPSA) is 126 Å². The first kappa shape index (κ1) is 25.4. The molecule has 13 heteroatoms. The van der Waals surface area contributed by atoms with Crippen LogP contribution in [0.2, 0.25) is 0 Å². The van der Waals surface area contributed by atoms with E-state index in [2.05, 4.69) is 10.3 Å². The fourth-order valence-corrected chi connectivity index (χ4v) is 4.11. The number of nitrogens with zero attached hydrogens (tertiary/aromatic N) is 1. The Kier molecular flexibility index (Phi) is 6.87. The summed E-state index contributed by atoms with van der Waals surface area (Å²) in [6.45, 7) is 0. The van der Waals surface area contributed by atoms with Gasteiger partial charge in [-0.2, -0.15) is 8.42 Å². The number of halogens is 4. The van der Waals surface area contributed by atoms with Crippen molar-refractivity contribution in [3.05, 3.63) is 82.1 Å². The Morgan fingerprint density at radius 3 is 2.39 bits per heavy atom. The molecule has 0 radical (unpaired) electrons. The number of benzene rings is 2. The van der Waals surface area contributed by atoms with Crippen molar-refractivity contribution in [3.63, 3.8) is 0 Å². The number of carbonyl (C=O) groups is 1. The molecule has 1 heterocycles. The van der Waals surface area contributed by atoms with Gasteiger partial charge in [0, 0.05) is 24.6 Å². The molecule has 36 heavy (non-hydrogen) atoms. The molecule has 4 rings (SSSR count). The zero-order valence-corrected chi connectivity index (χ0v) is 19.6. The van der Waals surface area contributed by atoms with Crippen LogP contribution < -0.4 is 20.5 Å².